The minimum Gasteiger partial charge on any atom is -0.497 e. The number of anilines is 2. The maximum Gasteiger partial charge on any atom is 0.323 e. The monoisotopic (exact) mass is 495 g/mol. The number of amides is 3. The summed E-state index contributed by atoms with van der Waals surface area (Å²) in [4.78, 5) is 27.8. The molecular weight excluding hydrogens is 464 g/mol. The lowest BCUT2D eigenvalue weighted by Crippen LogP contribution is -2.51. The summed E-state index contributed by atoms with van der Waals surface area (Å²) in [5.41, 5.74) is -0.0519. The Balaban J connectivity index is 1.55. The molecule has 8 nitrogen and oxygen atoms in total. The number of hydrogen-bond donors (Lipinski definition) is 3. The van der Waals surface area contributed by atoms with E-state index in [1.165, 1.54) is 12.0 Å². The molecular formula is C23H31F2N5O3S. The van der Waals surface area contributed by atoms with Crippen molar-refractivity contribution in [2.75, 3.05) is 36.5 Å². The van der Waals surface area contributed by atoms with Crippen molar-refractivity contribution in [1.82, 2.24) is 15.1 Å². The number of halogens is 2. The molecule has 0 saturated heterocycles. The number of carbonyl (C=O) groups is 2. The van der Waals surface area contributed by atoms with Crippen LogP contribution in [0.3, 0.4) is 0 Å². The van der Waals surface area contributed by atoms with E-state index in [9.17, 15) is 18.4 Å². The second-order valence-electron chi connectivity index (χ2n) is 10.1. The number of nitrogens with one attached hydrogen (secondary N) is 3. The fraction of sp³-hybridized carbons (Fsp3) is 0.522. The predicted octanol–water partition coefficient (Wildman–Crippen LogP) is 4.53. The number of nitrogens with zero attached hydrogens (tertiary/aromatic N) is 2. The number of ether oxygens (including phenoxy) is 1. The van der Waals surface area contributed by atoms with Crippen LogP contribution in [-0.4, -0.2) is 57.7 Å². The van der Waals surface area contributed by atoms with Gasteiger partial charge in [-0.05, 0) is 51.9 Å². The Bertz CT molecular complexity index is 1130. The minimum absolute atomic E-state index is 0.0114. The zero-order valence-corrected chi connectivity index (χ0v) is 21.1. The van der Waals surface area contributed by atoms with E-state index in [4.69, 9.17) is 4.74 Å². The van der Waals surface area contributed by atoms with E-state index in [0.717, 1.165) is 31.4 Å². The van der Waals surface area contributed by atoms with Gasteiger partial charge in [-0.2, -0.15) is 5.10 Å². The first-order valence-corrected chi connectivity index (χ1v) is 13.9. The van der Waals surface area contributed by atoms with E-state index in [2.05, 4.69) is 39.6 Å². The predicted molar refractivity (Wildman–Crippen MR) is 130 cm³/mol. The normalized spacial score (nSPS) is 18.6. The van der Waals surface area contributed by atoms with Gasteiger partial charge in [0.2, 0.25) is 5.91 Å². The first kappa shape index (κ1) is 24.3. The van der Waals surface area contributed by atoms with Gasteiger partial charge < -0.3 is 20.3 Å². The molecule has 1 fully saturated rings. The topological polar surface area (TPSA) is 99.3 Å². The Morgan fingerprint density at radius 1 is 1.15 bits per heavy atom. The van der Waals surface area contributed by atoms with Crippen molar-refractivity contribution in [1.29, 1.82) is 0 Å². The number of aromatic nitrogens is 2. The van der Waals surface area contributed by atoms with Gasteiger partial charge in [0, 0.05) is 17.7 Å². The van der Waals surface area contributed by atoms with Crippen LogP contribution in [0, 0.1) is 11.6 Å². The van der Waals surface area contributed by atoms with Gasteiger partial charge >= 0.3 is 6.03 Å². The van der Waals surface area contributed by atoms with E-state index in [-0.39, 0.29) is 22.9 Å². The summed E-state index contributed by atoms with van der Waals surface area (Å²) >= 11 is 0. The number of carbonyl (C=O) groups excluding carboxylic acids is 2. The number of aromatic amines is 1. The van der Waals surface area contributed by atoms with Gasteiger partial charge in [-0.25, -0.2) is 23.6 Å². The zero-order chi connectivity index (χ0) is 25.1. The number of benzene rings is 1. The summed E-state index contributed by atoms with van der Waals surface area (Å²) in [7, 11) is 0.155. The van der Waals surface area contributed by atoms with Crippen LogP contribution < -0.4 is 15.4 Å². The van der Waals surface area contributed by atoms with E-state index < -0.39 is 38.9 Å². The lowest BCUT2D eigenvalue weighted by molar-refractivity contribution is -0.120. The lowest BCUT2D eigenvalue weighted by Gasteiger charge is -2.53. The van der Waals surface area contributed by atoms with Crippen molar-refractivity contribution in [2.24, 2.45) is 0 Å². The third-order valence-corrected chi connectivity index (χ3v) is 10.1. The molecule has 0 atom stereocenters. The summed E-state index contributed by atoms with van der Waals surface area (Å²) in [6.45, 7) is 3.72. The molecule has 11 heteroatoms. The summed E-state index contributed by atoms with van der Waals surface area (Å²) in [6.07, 6.45) is 9.16. The van der Waals surface area contributed by atoms with Crippen LogP contribution in [0.4, 0.5) is 25.1 Å². The molecule has 0 unspecified atom stereocenters. The highest BCUT2D eigenvalue weighted by Crippen LogP contribution is 2.60. The van der Waals surface area contributed by atoms with Gasteiger partial charge in [-0.15, -0.1) is 0 Å². The molecule has 1 aliphatic heterocycles. The van der Waals surface area contributed by atoms with Crippen LogP contribution in [0.1, 0.15) is 44.4 Å². The van der Waals surface area contributed by atoms with E-state index in [0.29, 0.717) is 17.1 Å². The molecule has 2 aliphatic rings. The number of urea groups is 1. The molecule has 1 saturated carbocycles. The molecule has 34 heavy (non-hydrogen) atoms. The molecule has 1 aromatic carbocycles. The minimum atomic E-state index is -1.14. The van der Waals surface area contributed by atoms with Gasteiger partial charge in [-0.1, -0.05) is 0 Å². The van der Waals surface area contributed by atoms with Crippen molar-refractivity contribution >= 4 is 33.5 Å². The highest BCUT2D eigenvalue weighted by atomic mass is 32.3. The summed E-state index contributed by atoms with van der Waals surface area (Å²) in [6, 6.07) is 1.33. The average Bonchev–Trinajstić information content (AvgIpc) is 3.20. The maximum absolute atomic E-state index is 14.4. The Hall–Kier alpha value is -2.82. The fourth-order valence-corrected chi connectivity index (χ4v) is 6.86. The smallest absolute Gasteiger partial charge is 0.323 e. The summed E-state index contributed by atoms with van der Waals surface area (Å²) in [5, 5.41) is 12.6. The molecule has 186 valence electrons. The summed E-state index contributed by atoms with van der Waals surface area (Å²) < 4.78 is 33.2. The van der Waals surface area contributed by atoms with E-state index in [1.54, 1.807) is 13.8 Å². The van der Waals surface area contributed by atoms with Crippen molar-refractivity contribution in [3.05, 3.63) is 35.0 Å². The van der Waals surface area contributed by atoms with Crippen molar-refractivity contribution < 1.29 is 23.1 Å². The van der Waals surface area contributed by atoms with Gasteiger partial charge in [0.05, 0.1) is 29.6 Å². The standard InChI is InChI=1S/C23H31F2N5O3S/c1-22(2)18-14(19(29-28-18)27-20(31)23(8-7-9-23)34(4,5)6)12-30(22)21(32)26-17-15(24)10-13(33-3)11-16(17)25/h10-11H,7-9,12H2,1-6H3,(H,26,32)(H2,27,28,29,31). The molecule has 3 N–H and O–H groups in total. The highest BCUT2D eigenvalue weighted by Gasteiger charge is 2.51. The van der Waals surface area contributed by atoms with Crippen LogP contribution >= 0.6 is 10.0 Å². The van der Waals surface area contributed by atoms with E-state index in [1.807, 2.05) is 0 Å². The molecule has 0 radical (unpaired) electrons. The van der Waals surface area contributed by atoms with Crippen LogP contribution in [-0.2, 0) is 16.9 Å². The van der Waals surface area contributed by atoms with E-state index >= 15 is 0 Å². The molecule has 2 heterocycles. The summed E-state index contributed by atoms with van der Waals surface area (Å²) in [5.74, 6) is -1.52. The molecule has 0 spiro atoms. The second-order valence-corrected chi connectivity index (χ2v) is 14.6. The average molecular weight is 496 g/mol. The molecule has 3 amide bonds. The Morgan fingerprint density at radius 3 is 2.26 bits per heavy atom. The van der Waals surface area contributed by atoms with Crippen LogP contribution in [0.2, 0.25) is 0 Å². The van der Waals surface area contributed by atoms with Crippen molar-refractivity contribution in [3.63, 3.8) is 0 Å². The van der Waals surface area contributed by atoms with Crippen LogP contribution in [0.15, 0.2) is 12.1 Å². The zero-order valence-electron chi connectivity index (χ0n) is 20.3. The molecule has 1 aliphatic carbocycles. The Labute approximate surface area is 199 Å². The Kier molecular flexibility index (Phi) is 5.82. The number of rotatable bonds is 5. The van der Waals surface area contributed by atoms with Crippen LogP contribution in [0.5, 0.6) is 5.75 Å². The first-order valence-electron chi connectivity index (χ1n) is 11.0. The molecule has 0 bridgehead atoms. The number of hydrogen-bond acceptors (Lipinski definition) is 4. The van der Waals surface area contributed by atoms with Crippen LogP contribution in [0.25, 0.3) is 0 Å². The maximum atomic E-state index is 14.4. The van der Waals surface area contributed by atoms with Crippen molar-refractivity contribution in [2.45, 2.75) is 49.9 Å². The SMILES string of the molecule is COc1cc(F)c(NC(=O)N2Cc3c(NC(=O)C4(S(C)(C)C)CCC4)n[nH]c3C2(C)C)c(F)c1. The first-order chi connectivity index (χ1) is 15.8. The second kappa shape index (κ2) is 8.14. The number of fused-ring (bicyclic) bond motifs is 1. The third kappa shape index (κ3) is 3.70. The molecule has 4 rings (SSSR count). The molecule has 1 aromatic heterocycles. The largest absolute Gasteiger partial charge is 0.497 e. The number of methoxy groups -OCH3 is 1. The van der Waals surface area contributed by atoms with Gasteiger partial charge in [0.1, 0.15) is 11.4 Å². The Morgan fingerprint density at radius 2 is 1.76 bits per heavy atom. The highest BCUT2D eigenvalue weighted by molar-refractivity contribution is 8.33. The van der Waals surface area contributed by atoms with Crippen molar-refractivity contribution in [3.8, 4) is 5.75 Å². The lowest BCUT2D eigenvalue weighted by atomic mass is 9.83. The quantitative estimate of drug-likeness (QED) is 0.567. The third-order valence-electron chi connectivity index (χ3n) is 7.18. The molecule has 2 aromatic rings. The fourth-order valence-electron chi connectivity index (χ4n) is 4.74. The number of H-pyrrole nitrogens is 1. The van der Waals surface area contributed by atoms with Gasteiger partial charge in [0.15, 0.2) is 17.5 Å². The van der Waals surface area contributed by atoms with Gasteiger partial charge in [0.25, 0.3) is 0 Å². The van der Waals surface area contributed by atoms with Gasteiger partial charge in [-0.3, -0.25) is 9.89 Å².